The van der Waals surface area contributed by atoms with Crippen LogP contribution in [-0.4, -0.2) is 52.3 Å². The van der Waals surface area contributed by atoms with Gasteiger partial charge in [0.05, 0.1) is 29.8 Å². The molecule has 0 radical (unpaired) electrons. The smallest absolute Gasteiger partial charge is 0.160 e. The highest BCUT2D eigenvalue weighted by atomic mass is 16.5. The van der Waals surface area contributed by atoms with Crippen LogP contribution in [0, 0.1) is 6.92 Å². The van der Waals surface area contributed by atoms with Gasteiger partial charge in [-0.05, 0) is 24.6 Å². The summed E-state index contributed by atoms with van der Waals surface area (Å²) in [5.74, 6) is 0. The summed E-state index contributed by atoms with van der Waals surface area (Å²) in [6, 6.07) is 14.6. The number of fused-ring (bicyclic) bond motifs is 4. The zero-order chi connectivity index (χ0) is 17.5. The number of hydrogen-bond donors (Lipinski definition) is 0. The maximum Gasteiger partial charge on any atom is 0.160 e. The van der Waals surface area contributed by atoms with Crippen LogP contribution in [0.2, 0.25) is 0 Å². The topological polar surface area (TPSA) is 43.2 Å². The monoisotopic (exact) mass is 346 g/mol. The molecule has 1 aliphatic rings. The Hall–Kier alpha value is -2.50. The van der Waals surface area contributed by atoms with Crippen molar-refractivity contribution in [3.63, 3.8) is 0 Å². The molecular weight excluding hydrogens is 324 g/mol. The third-order valence-electron chi connectivity index (χ3n) is 5.31. The Morgan fingerprint density at radius 2 is 1.69 bits per heavy atom. The summed E-state index contributed by atoms with van der Waals surface area (Å²) in [5.41, 5.74) is 6.42. The molecule has 2 aromatic carbocycles. The molecule has 1 aliphatic heterocycles. The first kappa shape index (κ1) is 15.7. The largest absolute Gasteiger partial charge is 0.379 e. The van der Waals surface area contributed by atoms with Crippen molar-refractivity contribution in [1.82, 2.24) is 19.4 Å². The molecule has 0 bridgehead atoms. The number of hydrogen-bond acceptors (Lipinski definition) is 4. The van der Waals surface area contributed by atoms with Gasteiger partial charge in [-0.25, -0.2) is 9.97 Å². The molecule has 3 heterocycles. The van der Waals surface area contributed by atoms with Gasteiger partial charge in [-0.15, -0.1) is 0 Å². The van der Waals surface area contributed by atoms with E-state index in [2.05, 4.69) is 34.6 Å². The quantitative estimate of drug-likeness (QED) is 0.570. The normalized spacial score (nSPS) is 16.0. The predicted octanol–water partition coefficient (Wildman–Crippen LogP) is 3.38. The van der Waals surface area contributed by atoms with Gasteiger partial charge in [0.15, 0.2) is 5.65 Å². The molecule has 1 fully saturated rings. The van der Waals surface area contributed by atoms with E-state index in [9.17, 15) is 0 Å². The van der Waals surface area contributed by atoms with Crippen LogP contribution in [0.1, 0.15) is 5.56 Å². The summed E-state index contributed by atoms with van der Waals surface area (Å²) in [7, 11) is 0. The fourth-order valence-electron chi connectivity index (χ4n) is 3.96. The summed E-state index contributed by atoms with van der Waals surface area (Å²) in [4.78, 5) is 12.4. The second-order valence-corrected chi connectivity index (χ2v) is 6.96. The lowest BCUT2D eigenvalue weighted by molar-refractivity contribution is 0.0366. The first-order valence-corrected chi connectivity index (χ1v) is 9.26. The average molecular weight is 346 g/mol. The van der Waals surface area contributed by atoms with Gasteiger partial charge < -0.3 is 9.30 Å². The molecule has 0 aliphatic carbocycles. The molecule has 132 valence electrons. The minimum absolute atomic E-state index is 0.830. The van der Waals surface area contributed by atoms with Crippen LogP contribution in [0.4, 0.5) is 0 Å². The third kappa shape index (κ3) is 2.55. The first-order chi connectivity index (χ1) is 12.8. The lowest BCUT2D eigenvalue weighted by Crippen LogP contribution is -2.38. The molecule has 2 aromatic heterocycles. The van der Waals surface area contributed by atoms with Crippen LogP contribution in [0.15, 0.2) is 42.5 Å². The van der Waals surface area contributed by atoms with Crippen molar-refractivity contribution in [2.75, 3.05) is 32.8 Å². The highest BCUT2D eigenvalue weighted by Crippen LogP contribution is 2.30. The van der Waals surface area contributed by atoms with Gasteiger partial charge in [0.1, 0.15) is 5.52 Å². The Bertz CT molecular complexity index is 1100. The fourth-order valence-corrected chi connectivity index (χ4v) is 3.96. The molecule has 0 spiro atoms. The number of para-hydroxylation sites is 3. The van der Waals surface area contributed by atoms with Crippen LogP contribution in [-0.2, 0) is 11.3 Å². The zero-order valence-electron chi connectivity index (χ0n) is 15.0. The van der Waals surface area contributed by atoms with Gasteiger partial charge in [0.2, 0.25) is 0 Å². The maximum absolute atomic E-state index is 5.47. The summed E-state index contributed by atoms with van der Waals surface area (Å²) in [6.45, 7) is 7.76. The number of rotatable bonds is 3. The van der Waals surface area contributed by atoms with Gasteiger partial charge in [-0.2, -0.15) is 0 Å². The van der Waals surface area contributed by atoms with Crippen LogP contribution in [0.5, 0.6) is 0 Å². The van der Waals surface area contributed by atoms with E-state index in [4.69, 9.17) is 14.7 Å². The van der Waals surface area contributed by atoms with Crippen molar-refractivity contribution in [2.45, 2.75) is 13.5 Å². The lowest BCUT2D eigenvalue weighted by Gasteiger charge is -2.26. The van der Waals surface area contributed by atoms with E-state index < -0.39 is 0 Å². The zero-order valence-corrected chi connectivity index (χ0v) is 15.0. The van der Waals surface area contributed by atoms with E-state index in [0.29, 0.717) is 0 Å². The molecular formula is C21H22N4O. The van der Waals surface area contributed by atoms with Crippen LogP contribution < -0.4 is 0 Å². The van der Waals surface area contributed by atoms with Gasteiger partial charge in [0, 0.05) is 31.6 Å². The van der Waals surface area contributed by atoms with E-state index in [0.717, 1.165) is 61.6 Å². The first-order valence-electron chi connectivity index (χ1n) is 9.26. The van der Waals surface area contributed by atoms with E-state index in [-0.39, 0.29) is 0 Å². The second kappa shape index (κ2) is 6.34. The third-order valence-corrected chi connectivity index (χ3v) is 5.31. The molecule has 0 unspecified atom stereocenters. The van der Waals surface area contributed by atoms with Crippen molar-refractivity contribution in [2.24, 2.45) is 0 Å². The van der Waals surface area contributed by atoms with E-state index >= 15 is 0 Å². The van der Waals surface area contributed by atoms with Crippen molar-refractivity contribution < 1.29 is 4.74 Å². The molecule has 5 rings (SSSR count). The van der Waals surface area contributed by atoms with Gasteiger partial charge in [0.25, 0.3) is 0 Å². The maximum atomic E-state index is 5.47. The molecule has 5 heteroatoms. The van der Waals surface area contributed by atoms with E-state index in [1.165, 1.54) is 16.5 Å². The molecule has 1 saturated heterocycles. The highest BCUT2D eigenvalue weighted by Gasteiger charge is 2.17. The Morgan fingerprint density at radius 3 is 2.50 bits per heavy atom. The molecule has 0 saturated carbocycles. The van der Waals surface area contributed by atoms with Crippen LogP contribution >= 0.6 is 0 Å². The number of aryl methyl sites for hydroxylation is 1. The molecule has 4 aromatic rings. The minimum Gasteiger partial charge on any atom is -0.379 e. The van der Waals surface area contributed by atoms with Crippen LogP contribution in [0.3, 0.4) is 0 Å². The molecule has 0 N–H and O–H groups in total. The van der Waals surface area contributed by atoms with Crippen LogP contribution in [0.25, 0.3) is 33.1 Å². The highest BCUT2D eigenvalue weighted by molar-refractivity contribution is 6.07. The number of aromatic nitrogens is 3. The second-order valence-electron chi connectivity index (χ2n) is 6.96. The number of morpholine rings is 1. The Kier molecular flexibility index (Phi) is 3.84. The fraction of sp³-hybridized carbons (Fsp3) is 0.333. The van der Waals surface area contributed by atoms with E-state index in [1.54, 1.807) is 0 Å². The van der Waals surface area contributed by atoms with Crippen molar-refractivity contribution in [1.29, 1.82) is 0 Å². The van der Waals surface area contributed by atoms with E-state index in [1.807, 2.05) is 24.3 Å². The SMILES string of the molecule is Cc1cccc2c3nc4ccccc4nc3n(CCN3CCOCC3)c12. The Morgan fingerprint density at radius 1 is 0.923 bits per heavy atom. The summed E-state index contributed by atoms with van der Waals surface area (Å²) in [5, 5.41) is 1.19. The number of ether oxygens (including phenoxy) is 1. The predicted molar refractivity (Wildman–Crippen MR) is 105 cm³/mol. The lowest BCUT2D eigenvalue weighted by atomic mass is 10.1. The molecule has 26 heavy (non-hydrogen) atoms. The summed E-state index contributed by atoms with van der Waals surface area (Å²) in [6.07, 6.45) is 0. The number of nitrogens with zero attached hydrogens (tertiary/aromatic N) is 4. The average Bonchev–Trinajstić information content (AvgIpc) is 2.99. The van der Waals surface area contributed by atoms with Gasteiger partial charge >= 0.3 is 0 Å². The van der Waals surface area contributed by atoms with Crippen molar-refractivity contribution in [3.05, 3.63) is 48.0 Å². The molecule has 0 atom stereocenters. The van der Waals surface area contributed by atoms with Gasteiger partial charge in [-0.1, -0.05) is 30.3 Å². The molecule has 0 amide bonds. The summed E-state index contributed by atoms with van der Waals surface area (Å²) < 4.78 is 7.83. The Balaban J connectivity index is 1.68. The minimum atomic E-state index is 0.830. The standard InChI is InChI=1S/C21H22N4O/c1-15-5-4-6-16-19-21(23-18-8-3-2-7-17(18)22-19)25(20(15)16)10-9-24-11-13-26-14-12-24/h2-8H,9-14H2,1H3. The number of benzene rings is 2. The summed E-state index contributed by atoms with van der Waals surface area (Å²) >= 11 is 0. The van der Waals surface area contributed by atoms with Gasteiger partial charge in [-0.3, -0.25) is 4.90 Å². The molecule has 5 nitrogen and oxygen atoms in total. The van der Waals surface area contributed by atoms with Crippen molar-refractivity contribution in [3.8, 4) is 0 Å². The Labute approximate surface area is 152 Å². The van der Waals surface area contributed by atoms with Crippen molar-refractivity contribution >= 4 is 33.1 Å².